The monoisotopic (exact) mass is 771 g/mol. The van der Waals surface area contributed by atoms with Crippen LogP contribution in [0, 0.1) is 0 Å². The standard InChI is InChI=1S/C49H86O6/c1-4-7-10-13-16-19-21-22-23-24-25-26-28-30-33-36-39-42-48(51)54-45-46(44-53-47(50)41-38-35-32-29-18-15-12-9-6-3)55-49(52)43-40-37-34-31-27-20-17-14-11-8-5-2/h14,16-17,19,22-23,29,32,46H,4-13,15,18,20-21,24-28,30-31,33-45H2,1-3H3/b17-14-,19-16-,23-22-,32-29-. The van der Waals surface area contributed by atoms with Crippen LogP contribution in [0.5, 0.6) is 0 Å². The molecule has 0 aromatic heterocycles. The Morgan fingerprint density at radius 3 is 1.18 bits per heavy atom. The van der Waals surface area contributed by atoms with Crippen LogP contribution in [-0.4, -0.2) is 37.2 Å². The van der Waals surface area contributed by atoms with Gasteiger partial charge < -0.3 is 14.2 Å². The van der Waals surface area contributed by atoms with E-state index in [0.717, 1.165) is 77.0 Å². The van der Waals surface area contributed by atoms with Gasteiger partial charge in [-0.25, -0.2) is 0 Å². The Labute approximate surface area is 339 Å². The molecule has 0 aromatic rings. The Morgan fingerprint density at radius 1 is 0.364 bits per heavy atom. The van der Waals surface area contributed by atoms with Gasteiger partial charge in [0.25, 0.3) is 0 Å². The van der Waals surface area contributed by atoms with Crippen LogP contribution < -0.4 is 0 Å². The van der Waals surface area contributed by atoms with Gasteiger partial charge in [0.15, 0.2) is 6.10 Å². The third kappa shape index (κ3) is 42.4. The molecule has 0 aromatic carbocycles. The summed E-state index contributed by atoms with van der Waals surface area (Å²) in [4.78, 5) is 37.6. The fourth-order valence-corrected chi connectivity index (χ4v) is 6.22. The van der Waals surface area contributed by atoms with Crippen molar-refractivity contribution in [2.75, 3.05) is 13.2 Å². The van der Waals surface area contributed by atoms with Gasteiger partial charge >= 0.3 is 17.9 Å². The average Bonchev–Trinajstić information content (AvgIpc) is 3.18. The second kappa shape index (κ2) is 44.1. The molecule has 0 amide bonds. The number of carbonyl (C=O) groups excluding carboxylic acids is 3. The molecule has 6 nitrogen and oxygen atoms in total. The second-order valence-corrected chi connectivity index (χ2v) is 15.3. The predicted octanol–water partition coefficient (Wildman–Crippen LogP) is 14.8. The number of esters is 3. The summed E-state index contributed by atoms with van der Waals surface area (Å²) < 4.78 is 16.6. The molecule has 0 rings (SSSR count). The van der Waals surface area contributed by atoms with Crippen LogP contribution in [0.4, 0.5) is 0 Å². The van der Waals surface area contributed by atoms with Crippen LogP contribution in [0.15, 0.2) is 48.6 Å². The highest BCUT2D eigenvalue weighted by molar-refractivity contribution is 5.71. The molecule has 6 heteroatoms. The van der Waals surface area contributed by atoms with Crippen LogP contribution in [0.3, 0.4) is 0 Å². The average molecular weight is 771 g/mol. The van der Waals surface area contributed by atoms with E-state index in [1.165, 1.54) is 103 Å². The molecule has 0 saturated heterocycles. The van der Waals surface area contributed by atoms with Crippen molar-refractivity contribution in [3.63, 3.8) is 0 Å². The molecule has 0 spiro atoms. The number of hydrogen-bond donors (Lipinski definition) is 0. The number of hydrogen-bond acceptors (Lipinski definition) is 6. The Bertz CT molecular complexity index is 980. The van der Waals surface area contributed by atoms with E-state index in [2.05, 4.69) is 69.4 Å². The lowest BCUT2D eigenvalue weighted by Crippen LogP contribution is -2.30. The van der Waals surface area contributed by atoms with E-state index >= 15 is 0 Å². The summed E-state index contributed by atoms with van der Waals surface area (Å²) in [7, 11) is 0. The fraction of sp³-hybridized carbons (Fsp3) is 0.776. The van der Waals surface area contributed by atoms with Gasteiger partial charge in [-0.3, -0.25) is 14.4 Å². The molecule has 55 heavy (non-hydrogen) atoms. The van der Waals surface area contributed by atoms with Gasteiger partial charge in [-0.2, -0.15) is 0 Å². The van der Waals surface area contributed by atoms with Crippen LogP contribution in [0.25, 0.3) is 0 Å². The first-order chi connectivity index (χ1) is 27.0. The highest BCUT2D eigenvalue weighted by atomic mass is 16.6. The van der Waals surface area contributed by atoms with Crippen molar-refractivity contribution in [2.45, 2.75) is 232 Å². The molecule has 318 valence electrons. The number of allylic oxidation sites excluding steroid dienone is 8. The van der Waals surface area contributed by atoms with Gasteiger partial charge in [0.2, 0.25) is 0 Å². The van der Waals surface area contributed by atoms with Gasteiger partial charge in [-0.1, -0.05) is 166 Å². The number of carbonyl (C=O) groups is 3. The first-order valence-corrected chi connectivity index (χ1v) is 23.1. The molecule has 0 saturated carbocycles. The summed E-state index contributed by atoms with van der Waals surface area (Å²) >= 11 is 0. The zero-order valence-electron chi connectivity index (χ0n) is 36.2. The van der Waals surface area contributed by atoms with Gasteiger partial charge in [-0.15, -0.1) is 0 Å². The minimum absolute atomic E-state index is 0.0892. The summed E-state index contributed by atoms with van der Waals surface area (Å²) in [6, 6.07) is 0. The summed E-state index contributed by atoms with van der Waals surface area (Å²) in [6.07, 6.45) is 51.0. The molecular weight excluding hydrogens is 685 g/mol. The van der Waals surface area contributed by atoms with Crippen molar-refractivity contribution in [3.05, 3.63) is 48.6 Å². The quantitative estimate of drug-likeness (QED) is 0.0267. The number of rotatable bonds is 41. The van der Waals surface area contributed by atoms with Crippen molar-refractivity contribution in [1.29, 1.82) is 0 Å². The maximum Gasteiger partial charge on any atom is 0.306 e. The molecule has 1 atom stereocenters. The zero-order valence-corrected chi connectivity index (χ0v) is 36.2. The molecule has 0 fully saturated rings. The Hall–Kier alpha value is -2.63. The molecule has 0 heterocycles. The molecule has 1 unspecified atom stereocenters. The zero-order chi connectivity index (χ0) is 40.1. The van der Waals surface area contributed by atoms with E-state index in [1.54, 1.807) is 0 Å². The third-order valence-electron chi connectivity index (χ3n) is 9.78. The fourth-order valence-electron chi connectivity index (χ4n) is 6.22. The topological polar surface area (TPSA) is 78.9 Å². The largest absolute Gasteiger partial charge is 0.462 e. The number of ether oxygens (including phenoxy) is 3. The van der Waals surface area contributed by atoms with Crippen molar-refractivity contribution in [3.8, 4) is 0 Å². The number of unbranched alkanes of at least 4 members (excludes halogenated alkanes) is 22. The first kappa shape index (κ1) is 52.4. The van der Waals surface area contributed by atoms with Crippen molar-refractivity contribution in [1.82, 2.24) is 0 Å². The van der Waals surface area contributed by atoms with Gasteiger partial charge in [0.05, 0.1) is 0 Å². The highest BCUT2D eigenvalue weighted by Crippen LogP contribution is 2.13. The van der Waals surface area contributed by atoms with Crippen molar-refractivity contribution >= 4 is 17.9 Å². The Kier molecular flexibility index (Phi) is 42.0. The van der Waals surface area contributed by atoms with E-state index in [1.807, 2.05) is 0 Å². The summed E-state index contributed by atoms with van der Waals surface area (Å²) in [5, 5.41) is 0. The minimum Gasteiger partial charge on any atom is -0.462 e. The van der Waals surface area contributed by atoms with E-state index < -0.39 is 6.10 Å². The maximum atomic E-state index is 12.7. The summed E-state index contributed by atoms with van der Waals surface area (Å²) in [6.45, 7) is 6.49. The molecular formula is C49H86O6. The molecule has 0 bridgehead atoms. The SMILES string of the molecule is CCCC/C=C\CCCCCCCC(=O)OC(COC(=O)CCC/C=C\CCCCCC)COC(=O)CCCCCCCCC/C=C\C/C=C\CCCCC. The van der Waals surface area contributed by atoms with Crippen LogP contribution in [0.2, 0.25) is 0 Å². The van der Waals surface area contributed by atoms with E-state index in [9.17, 15) is 14.4 Å². The van der Waals surface area contributed by atoms with Gasteiger partial charge in [0, 0.05) is 19.3 Å². The first-order valence-electron chi connectivity index (χ1n) is 23.1. The molecule has 0 aliphatic heterocycles. The molecule has 0 aliphatic carbocycles. The summed E-state index contributed by atoms with van der Waals surface area (Å²) in [5.74, 6) is -0.945. The Morgan fingerprint density at radius 2 is 0.691 bits per heavy atom. The van der Waals surface area contributed by atoms with Gasteiger partial charge in [0.1, 0.15) is 13.2 Å². The van der Waals surface area contributed by atoms with Crippen LogP contribution in [-0.2, 0) is 28.6 Å². The smallest absolute Gasteiger partial charge is 0.306 e. The minimum atomic E-state index is -0.787. The summed E-state index contributed by atoms with van der Waals surface area (Å²) in [5.41, 5.74) is 0. The highest BCUT2D eigenvalue weighted by Gasteiger charge is 2.19. The van der Waals surface area contributed by atoms with E-state index in [4.69, 9.17) is 14.2 Å². The van der Waals surface area contributed by atoms with Crippen molar-refractivity contribution < 1.29 is 28.6 Å². The predicted molar refractivity (Wildman–Crippen MR) is 233 cm³/mol. The molecule has 0 radical (unpaired) electrons. The van der Waals surface area contributed by atoms with Crippen molar-refractivity contribution in [2.24, 2.45) is 0 Å². The Balaban J connectivity index is 4.35. The normalized spacial score (nSPS) is 12.4. The lowest BCUT2D eigenvalue weighted by Gasteiger charge is -2.18. The molecule has 0 N–H and O–H groups in total. The lowest BCUT2D eigenvalue weighted by molar-refractivity contribution is -0.167. The van der Waals surface area contributed by atoms with E-state index in [-0.39, 0.29) is 31.1 Å². The second-order valence-electron chi connectivity index (χ2n) is 15.3. The van der Waals surface area contributed by atoms with Gasteiger partial charge in [-0.05, 0) is 89.9 Å². The van der Waals surface area contributed by atoms with Crippen LogP contribution >= 0.6 is 0 Å². The van der Waals surface area contributed by atoms with E-state index in [0.29, 0.717) is 25.7 Å². The maximum absolute atomic E-state index is 12.7. The third-order valence-corrected chi connectivity index (χ3v) is 9.78. The lowest BCUT2D eigenvalue weighted by atomic mass is 10.1. The van der Waals surface area contributed by atoms with Crippen LogP contribution in [0.1, 0.15) is 226 Å². The molecule has 0 aliphatic rings.